The molecule has 0 aliphatic heterocycles. The van der Waals surface area contributed by atoms with Gasteiger partial charge in [0.05, 0.1) is 24.2 Å². The predicted octanol–water partition coefficient (Wildman–Crippen LogP) is 3.00. The molecule has 2 aromatic rings. The van der Waals surface area contributed by atoms with Crippen LogP contribution in [0.25, 0.3) is 0 Å². The Morgan fingerprint density at radius 1 is 1.58 bits per heavy atom. The molecule has 7 heteroatoms. The Bertz CT molecular complexity index is 579. The minimum absolute atomic E-state index is 0.163. The zero-order chi connectivity index (χ0) is 13.8. The fourth-order valence-electron chi connectivity index (χ4n) is 1.46. The molecule has 0 aliphatic carbocycles. The fourth-order valence-corrected chi connectivity index (χ4v) is 3.03. The molecule has 0 bridgehead atoms. The summed E-state index contributed by atoms with van der Waals surface area (Å²) in [5.74, 6) is 1.14. The van der Waals surface area contributed by atoms with E-state index in [-0.39, 0.29) is 5.91 Å². The summed E-state index contributed by atoms with van der Waals surface area (Å²) in [4.78, 5) is 12.5. The van der Waals surface area contributed by atoms with Crippen molar-refractivity contribution in [1.82, 2.24) is 10.5 Å². The minimum Gasteiger partial charge on any atom is -0.495 e. The summed E-state index contributed by atoms with van der Waals surface area (Å²) in [5.41, 5.74) is 0.879. The van der Waals surface area contributed by atoms with Gasteiger partial charge in [-0.05, 0) is 22.4 Å². The lowest BCUT2D eigenvalue weighted by Crippen LogP contribution is -2.21. The molecule has 19 heavy (non-hydrogen) atoms. The van der Waals surface area contributed by atoms with Gasteiger partial charge in [-0.15, -0.1) is 11.3 Å². The maximum Gasteiger partial charge on any atom is 0.261 e. The SMILES string of the molecule is CCc1cc(CNC(=O)c2cc(OC)c(Br)s2)on1. The number of rotatable bonds is 5. The van der Waals surface area contributed by atoms with Crippen LogP contribution in [0.1, 0.15) is 28.0 Å². The van der Waals surface area contributed by atoms with Gasteiger partial charge >= 0.3 is 0 Å². The van der Waals surface area contributed by atoms with Crippen LogP contribution < -0.4 is 10.1 Å². The average Bonchev–Trinajstić information content (AvgIpc) is 3.02. The van der Waals surface area contributed by atoms with E-state index in [9.17, 15) is 4.79 Å². The van der Waals surface area contributed by atoms with Crippen molar-refractivity contribution in [1.29, 1.82) is 0 Å². The zero-order valence-electron chi connectivity index (χ0n) is 10.5. The van der Waals surface area contributed by atoms with E-state index < -0.39 is 0 Å². The minimum atomic E-state index is -0.163. The first-order valence-corrected chi connectivity index (χ1v) is 7.31. The van der Waals surface area contributed by atoms with Crippen LogP contribution >= 0.6 is 27.3 Å². The number of carbonyl (C=O) groups excluding carboxylic acids is 1. The van der Waals surface area contributed by atoms with Crippen molar-refractivity contribution in [2.45, 2.75) is 19.9 Å². The maximum atomic E-state index is 11.9. The van der Waals surface area contributed by atoms with Gasteiger partial charge in [-0.25, -0.2) is 0 Å². The van der Waals surface area contributed by atoms with Crippen molar-refractivity contribution in [3.8, 4) is 5.75 Å². The molecule has 102 valence electrons. The number of halogens is 1. The van der Waals surface area contributed by atoms with Gasteiger partial charge < -0.3 is 14.6 Å². The highest BCUT2D eigenvalue weighted by molar-refractivity contribution is 9.11. The van der Waals surface area contributed by atoms with Gasteiger partial charge in [0.25, 0.3) is 5.91 Å². The highest BCUT2D eigenvalue weighted by Gasteiger charge is 2.14. The number of methoxy groups -OCH3 is 1. The smallest absolute Gasteiger partial charge is 0.261 e. The third-order valence-electron chi connectivity index (χ3n) is 2.49. The van der Waals surface area contributed by atoms with E-state index in [0.717, 1.165) is 15.9 Å². The Labute approximate surface area is 123 Å². The fraction of sp³-hybridized carbons (Fsp3) is 0.333. The predicted molar refractivity (Wildman–Crippen MR) is 75.6 cm³/mol. The van der Waals surface area contributed by atoms with Crippen molar-refractivity contribution in [2.75, 3.05) is 7.11 Å². The number of aromatic nitrogens is 1. The van der Waals surface area contributed by atoms with Gasteiger partial charge in [0.2, 0.25) is 0 Å². The number of nitrogens with zero attached hydrogens (tertiary/aromatic N) is 1. The first-order valence-electron chi connectivity index (χ1n) is 5.70. The quantitative estimate of drug-likeness (QED) is 0.905. The molecule has 0 radical (unpaired) electrons. The Hall–Kier alpha value is -1.34. The first kappa shape index (κ1) is 14.1. The zero-order valence-corrected chi connectivity index (χ0v) is 12.9. The van der Waals surface area contributed by atoms with Crippen molar-refractivity contribution < 1.29 is 14.1 Å². The third kappa shape index (κ3) is 3.36. The van der Waals surface area contributed by atoms with Gasteiger partial charge in [-0.1, -0.05) is 12.1 Å². The van der Waals surface area contributed by atoms with E-state index in [0.29, 0.717) is 22.9 Å². The highest BCUT2D eigenvalue weighted by Crippen LogP contribution is 2.34. The molecular weight excluding hydrogens is 332 g/mol. The Kier molecular flexibility index (Phi) is 4.60. The third-order valence-corrected chi connectivity index (χ3v) is 4.27. The number of hydrogen-bond donors (Lipinski definition) is 1. The largest absolute Gasteiger partial charge is 0.495 e. The van der Waals surface area contributed by atoms with Gasteiger partial charge in [0.1, 0.15) is 9.54 Å². The van der Waals surface area contributed by atoms with E-state index in [4.69, 9.17) is 9.26 Å². The molecule has 2 aromatic heterocycles. The van der Waals surface area contributed by atoms with Crippen molar-refractivity contribution in [3.63, 3.8) is 0 Å². The number of carbonyl (C=O) groups is 1. The summed E-state index contributed by atoms with van der Waals surface area (Å²) >= 11 is 4.66. The molecule has 1 N–H and O–H groups in total. The van der Waals surface area contributed by atoms with Crippen LogP contribution in [0.2, 0.25) is 0 Å². The van der Waals surface area contributed by atoms with E-state index in [1.54, 1.807) is 13.2 Å². The van der Waals surface area contributed by atoms with Gasteiger partial charge in [0.15, 0.2) is 5.76 Å². The Balaban J connectivity index is 1.96. The molecular formula is C12H13BrN2O3S. The van der Waals surface area contributed by atoms with Crippen LogP contribution in [0.15, 0.2) is 20.4 Å². The summed E-state index contributed by atoms with van der Waals surface area (Å²) in [6, 6.07) is 3.53. The molecule has 0 saturated carbocycles. The Morgan fingerprint density at radius 3 is 2.95 bits per heavy atom. The summed E-state index contributed by atoms with van der Waals surface area (Å²) in [6.07, 6.45) is 0.812. The molecule has 0 fully saturated rings. The molecule has 0 spiro atoms. The Morgan fingerprint density at radius 2 is 2.37 bits per heavy atom. The van der Waals surface area contributed by atoms with Crippen LogP contribution in [0.3, 0.4) is 0 Å². The van der Waals surface area contributed by atoms with E-state index in [1.807, 2.05) is 13.0 Å². The van der Waals surface area contributed by atoms with Crippen LogP contribution in [-0.4, -0.2) is 18.2 Å². The van der Waals surface area contributed by atoms with E-state index in [1.165, 1.54) is 11.3 Å². The number of hydrogen-bond acceptors (Lipinski definition) is 5. The van der Waals surface area contributed by atoms with Gasteiger partial charge in [0, 0.05) is 12.1 Å². The molecule has 2 heterocycles. The molecule has 1 amide bonds. The summed E-state index contributed by atoms with van der Waals surface area (Å²) in [7, 11) is 1.56. The molecule has 0 unspecified atom stereocenters. The lowest BCUT2D eigenvalue weighted by Gasteiger charge is -1.99. The van der Waals surface area contributed by atoms with Crippen LogP contribution in [0.5, 0.6) is 5.75 Å². The lowest BCUT2D eigenvalue weighted by atomic mass is 10.3. The number of nitrogens with one attached hydrogen (secondary N) is 1. The monoisotopic (exact) mass is 344 g/mol. The highest BCUT2D eigenvalue weighted by atomic mass is 79.9. The molecule has 2 rings (SSSR count). The first-order chi connectivity index (χ1) is 9.13. The van der Waals surface area contributed by atoms with E-state index >= 15 is 0 Å². The van der Waals surface area contributed by atoms with Crippen LogP contribution in [0, 0.1) is 0 Å². The van der Waals surface area contributed by atoms with Crippen molar-refractivity contribution in [3.05, 3.63) is 32.3 Å². The van der Waals surface area contributed by atoms with Crippen molar-refractivity contribution >= 4 is 33.2 Å². The molecule has 0 aromatic carbocycles. The average molecular weight is 345 g/mol. The number of ether oxygens (including phenoxy) is 1. The second-order valence-corrected chi connectivity index (χ2v) is 6.14. The standard InChI is InChI=1S/C12H13BrN2O3S/c1-3-7-4-8(18-15-7)6-14-12(16)10-5-9(17-2)11(13)19-10/h4-5H,3,6H2,1-2H3,(H,14,16). The van der Waals surface area contributed by atoms with Gasteiger partial charge in [-0.3, -0.25) is 4.79 Å². The maximum absolute atomic E-state index is 11.9. The van der Waals surface area contributed by atoms with Crippen LogP contribution in [-0.2, 0) is 13.0 Å². The summed E-state index contributed by atoms with van der Waals surface area (Å²) < 4.78 is 11.0. The second-order valence-electron chi connectivity index (χ2n) is 3.77. The lowest BCUT2D eigenvalue weighted by molar-refractivity contribution is 0.0951. The van der Waals surface area contributed by atoms with Crippen molar-refractivity contribution in [2.24, 2.45) is 0 Å². The van der Waals surface area contributed by atoms with E-state index in [2.05, 4.69) is 26.4 Å². The number of thiophene rings is 1. The van der Waals surface area contributed by atoms with Crippen LogP contribution in [0.4, 0.5) is 0 Å². The molecule has 5 nitrogen and oxygen atoms in total. The second kappa shape index (κ2) is 6.21. The summed E-state index contributed by atoms with van der Waals surface area (Å²) in [5, 5.41) is 6.64. The molecule has 0 atom stereocenters. The topological polar surface area (TPSA) is 64.4 Å². The molecule has 0 saturated heterocycles. The number of amides is 1. The summed E-state index contributed by atoms with van der Waals surface area (Å²) in [6.45, 7) is 2.32. The molecule has 0 aliphatic rings. The van der Waals surface area contributed by atoms with Gasteiger partial charge in [-0.2, -0.15) is 0 Å². The number of aryl methyl sites for hydroxylation is 1. The normalized spacial score (nSPS) is 10.5.